The van der Waals surface area contributed by atoms with Crippen LogP contribution in [0.5, 0.6) is 0 Å². The number of piperidine rings is 1. The van der Waals surface area contributed by atoms with Crippen LogP contribution in [0.3, 0.4) is 0 Å². The standard InChI is InChI=1S/C28H26ClN5/c1-18-26(19-6-3-2-4-7-19)33-27(32-18)20-10-12-34(13-11-20)28-24-15-22(16-25(24)30-17-31-28)21-8-5-9-23(29)14-21/h2-9,14-15,17,20H,10-13,16H2,1H3,(H,32,33). The number of aromatic amines is 1. The van der Waals surface area contributed by atoms with Crippen LogP contribution in [0.4, 0.5) is 5.82 Å². The number of nitrogens with one attached hydrogen (secondary N) is 1. The predicted octanol–water partition coefficient (Wildman–Crippen LogP) is 6.31. The molecule has 170 valence electrons. The summed E-state index contributed by atoms with van der Waals surface area (Å²) in [5, 5.41) is 0.756. The van der Waals surface area contributed by atoms with Crippen molar-refractivity contribution in [2.75, 3.05) is 18.0 Å². The van der Waals surface area contributed by atoms with Gasteiger partial charge in [-0.1, -0.05) is 54.1 Å². The van der Waals surface area contributed by atoms with Gasteiger partial charge in [0.2, 0.25) is 0 Å². The largest absolute Gasteiger partial charge is 0.356 e. The number of rotatable bonds is 4. The molecular weight excluding hydrogens is 442 g/mol. The molecule has 0 saturated carbocycles. The lowest BCUT2D eigenvalue weighted by molar-refractivity contribution is 0.486. The smallest absolute Gasteiger partial charge is 0.139 e. The molecule has 0 unspecified atom stereocenters. The molecular formula is C28H26ClN5. The number of aromatic nitrogens is 4. The van der Waals surface area contributed by atoms with E-state index in [1.54, 1.807) is 6.33 Å². The summed E-state index contributed by atoms with van der Waals surface area (Å²) in [5.74, 6) is 2.58. The van der Waals surface area contributed by atoms with Gasteiger partial charge in [0.1, 0.15) is 18.0 Å². The van der Waals surface area contributed by atoms with E-state index in [1.165, 1.54) is 11.1 Å². The maximum Gasteiger partial charge on any atom is 0.139 e. The van der Waals surface area contributed by atoms with Gasteiger partial charge in [0.05, 0.1) is 11.4 Å². The molecule has 1 aliphatic heterocycles. The molecule has 1 aliphatic carbocycles. The Morgan fingerprint density at radius 1 is 0.971 bits per heavy atom. The Hall–Kier alpha value is -3.44. The first-order valence-corrected chi connectivity index (χ1v) is 12.2. The maximum atomic E-state index is 6.23. The molecule has 6 rings (SSSR count). The van der Waals surface area contributed by atoms with Crippen molar-refractivity contribution in [1.29, 1.82) is 0 Å². The molecule has 2 aliphatic rings. The van der Waals surface area contributed by atoms with Crippen molar-refractivity contribution in [3.63, 3.8) is 0 Å². The van der Waals surface area contributed by atoms with Gasteiger partial charge in [-0.2, -0.15) is 0 Å². The first-order valence-electron chi connectivity index (χ1n) is 11.8. The van der Waals surface area contributed by atoms with Crippen LogP contribution in [-0.4, -0.2) is 33.0 Å². The minimum Gasteiger partial charge on any atom is -0.356 e. The molecule has 0 bridgehead atoms. The van der Waals surface area contributed by atoms with Gasteiger partial charge in [-0.25, -0.2) is 15.0 Å². The molecule has 0 spiro atoms. The van der Waals surface area contributed by atoms with Gasteiger partial charge >= 0.3 is 0 Å². The maximum absolute atomic E-state index is 6.23. The zero-order valence-electron chi connectivity index (χ0n) is 19.1. The number of aryl methyl sites for hydroxylation is 1. The van der Waals surface area contributed by atoms with E-state index >= 15 is 0 Å². The summed E-state index contributed by atoms with van der Waals surface area (Å²) in [7, 11) is 0. The fourth-order valence-corrected chi connectivity index (χ4v) is 5.35. The highest BCUT2D eigenvalue weighted by Gasteiger charge is 2.28. The number of allylic oxidation sites excluding steroid dienone is 1. The van der Waals surface area contributed by atoms with Crippen LogP contribution >= 0.6 is 11.6 Å². The van der Waals surface area contributed by atoms with E-state index in [1.807, 2.05) is 24.3 Å². The van der Waals surface area contributed by atoms with Crippen molar-refractivity contribution in [3.05, 3.63) is 94.3 Å². The Balaban J connectivity index is 1.20. The third-order valence-electron chi connectivity index (χ3n) is 6.95. The van der Waals surface area contributed by atoms with Crippen molar-refractivity contribution in [1.82, 2.24) is 19.9 Å². The predicted molar refractivity (Wildman–Crippen MR) is 138 cm³/mol. The fourth-order valence-electron chi connectivity index (χ4n) is 5.16. The Kier molecular flexibility index (Phi) is 5.42. The summed E-state index contributed by atoms with van der Waals surface area (Å²) in [6, 6.07) is 18.4. The fraction of sp³-hybridized carbons (Fsp3) is 0.250. The number of benzene rings is 2. The normalized spacial score (nSPS) is 15.9. The minimum absolute atomic E-state index is 0.430. The molecule has 1 saturated heterocycles. The monoisotopic (exact) mass is 467 g/mol. The number of anilines is 1. The molecule has 2 aromatic heterocycles. The first-order chi connectivity index (χ1) is 16.7. The highest BCUT2D eigenvalue weighted by molar-refractivity contribution is 6.30. The Bertz CT molecular complexity index is 1370. The molecule has 34 heavy (non-hydrogen) atoms. The SMILES string of the molecule is Cc1[nH]c(C2CCN(c3ncnc4c3C=C(c3cccc(Cl)c3)C4)CC2)nc1-c1ccccc1. The van der Waals surface area contributed by atoms with Crippen molar-refractivity contribution in [2.45, 2.75) is 32.1 Å². The van der Waals surface area contributed by atoms with Crippen LogP contribution in [-0.2, 0) is 6.42 Å². The summed E-state index contributed by atoms with van der Waals surface area (Å²) in [4.78, 5) is 20.2. The molecule has 2 aromatic carbocycles. The van der Waals surface area contributed by atoms with Crippen molar-refractivity contribution in [3.8, 4) is 11.3 Å². The van der Waals surface area contributed by atoms with E-state index in [2.05, 4.69) is 58.2 Å². The van der Waals surface area contributed by atoms with Crippen molar-refractivity contribution >= 4 is 29.1 Å². The van der Waals surface area contributed by atoms with Gasteiger partial charge in [0.15, 0.2) is 0 Å². The molecule has 6 heteroatoms. The van der Waals surface area contributed by atoms with E-state index in [9.17, 15) is 0 Å². The lowest BCUT2D eigenvalue weighted by Gasteiger charge is -2.32. The summed E-state index contributed by atoms with van der Waals surface area (Å²) in [5.41, 5.74) is 8.00. The van der Waals surface area contributed by atoms with Gasteiger partial charge in [0, 0.05) is 47.3 Å². The Morgan fingerprint density at radius 2 is 1.76 bits per heavy atom. The lowest BCUT2D eigenvalue weighted by Crippen LogP contribution is -2.34. The quantitative estimate of drug-likeness (QED) is 0.382. The average molecular weight is 468 g/mol. The van der Waals surface area contributed by atoms with E-state index in [0.717, 1.165) is 77.2 Å². The molecule has 5 nitrogen and oxygen atoms in total. The van der Waals surface area contributed by atoms with E-state index < -0.39 is 0 Å². The molecule has 4 aromatic rings. The van der Waals surface area contributed by atoms with Crippen LogP contribution < -0.4 is 4.90 Å². The van der Waals surface area contributed by atoms with E-state index in [0.29, 0.717) is 5.92 Å². The number of nitrogens with zero attached hydrogens (tertiary/aromatic N) is 4. The van der Waals surface area contributed by atoms with Crippen LogP contribution in [0, 0.1) is 6.92 Å². The molecule has 1 N–H and O–H groups in total. The molecule has 1 fully saturated rings. The second-order valence-corrected chi connectivity index (χ2v) is 9.57. The second kappa shape index (κ2) is 8.73. The molecule has 0 amide bonds. The van der Waals surface area contributed by atoms with Gasteiger partial charge in [0.25, 0.3) is 0 Å². The van der Waals surface area contributed by atoms with Crippen LogP contribution in [0.1, 0.15) is 47.1 Å². The average Bonchev–Trinajstić information content (AvgIpc) is 3.48. The topological polar surface area (TPSA) is 57.7 Å². The summed E-state index contributed by atoms with van der Waals surface area (Å²) in [6.07, 6.45) is 6.85. The third kappa shape index (κ3) is 3.90. The van der Waals surface area contributed by atoms with Gasteiger partial charge < -0.3 is 9.88 Å². The number of halogens is 1. The lowest BCUT2D eigenvalue weighted by atomic mass is 9.96. The highest BCUT2D eigenvalue weighted by Crippen LogP contribution is 2.37. The molecule has 0 radical (unpaired) electrons. The summed E-state index contributed by atoms with van der Waals surface area (Å²) >= 11 is 6.23. The zero-order valence-corrected chi connectivity index (χ0v) is 19.9. The second-order valence-electron chi connectivity index (χ2n) is 9.14. The summed E-state index contributed by atoms with van der Waals surface area (Å²) < 4.78 is 0. The number of hydrogen-bond acceptors (Lipinski definition) is 4. The number of imidazole rings is 1. The number of fused-ring (bicyclic) bond motifs is 1. The number of H-pyrrole nitrogens is 1. The van der Waals surface area contributed by atoms with Crippen LogP contribution in [0.15, 0.2) is 60.9 Å². The van der Waals surface area contributed by atoms with E-state index in [4.69, 9.17) is 21.6 Å². The highest BCUT2D eigenvalue weighted by atomic mass is 35.5. The van der Waals surface area contributed by atoms with Crippen LogP contribution in [0.2, 0.25) is 5.02 Å². The minimum atomic E-state index is 0.430. The van der Waals surface area contributed by atoms with Gasteiger partial charge in [-0.15, -0.1) is 0 Å². The first kappa shape index (κ1) is 21.1. The van der Waals surface area contributed by atoms with Gasteiger partial charge in [-0.3, -0.25) is 0 Å². The van der Waals surface area contributed by atoms with Gasteiger partial charge in [-0.05, 0) is 49.1 Å². The molecule has 0 atom stereocenters. The zero-order chi connectivity index (χ0) is 23.1. The molecule has 3 heterocycles. The summed E-state index contributed by atoms with van der Waals surface area (Å²) in [6.45, 7) is 4.02. The van der Waals surface area contributed by atoms with E-state index in [-0.39, 0.29) is 0 Å². The van der Waals surface area contributed by atoms with Crippen molar-refractivity contribution < 1.29 is 0 Å². The Labute approximate surface area is 204 Å². The van der Waals surface area contributed by atoms with Crippen molar-refractivity contribution in [2.24, 2.45) is 0 Å². The number of hydrogen-bond donors (Lipinski definition) is 1. The Morgan fingerprint density at radius 3 is 2.56 bits per heavy atom. The third-order valence-corrected chi connectivity index (χ3v) is 7.18. The van der Waals surface area contributed by atoms with Crippen LogP contribution in [0.25, 0.3) is 22.9 Å².